The maximum atomic E-state index is 12.1. The number of benzene rings is 2. The molecule has 0 saturated heterocycles. The minimum Gasteiger partial charge on any atom is -0.496 e. The van der Waals surface area contributed by atoms with Gasteiger partial charge >= 0.3 is 0 Å². The van der Waals surface area contributed by atoms with Gasteiger partial charge < -0.3 is 10.1 Å². The number of ether oxygens (including phenoxy) is 1. The van der Waals surface area contributed by atoms with Crippen molar-refractivity contribution in [2.24, 2.45) is 11.8 Å². The largest absolute Gasteiger partial charge is 0.496 e. The van der Waals surface area contributed by atoms with Crippen molar-refractivity contribution in [3.63, 3.8) is 0 Å². The number of amides is 1. The van der Waals surface area contributed by atoms with Crippen molar-refractivity contribution in [3.8, 4) is 5.75 Å². The first-order valence-corrected chi connectivity index (χ1v) is 9.12. The van der Waals surface area contributed by atoms with Gasteiger partial charge in [0.15, 0.2) is 0 Å². The second-order valence-electron chi connectivity index (χ2n) is 6.69. The molecule has 3 heteroatoms. The number of hydrogen-bond acceptors (Lipinski definition) is 2. The van der Waals surface area contributed by atoms with E-state index < -0.39 is 0 Å². The van der Waals surface area contributed by atoms with Crippen LogP contribution in [0.2, 0.25) is 0 Å². The van der Waals surface area contributed by atoms with Gasteiger partial charge in [0, 0.05) is 6.54 Å². The Morgan fingerprint density at radius 3 is 2.08 bits per heavy atom. The van der Waals surface area contributed by atoms with Crippen LogP contribution in [0.4, 0.5) is 0 Å². The number of hydrogen-bond donors (Lipinski definition) is 1. The third-order valence-electron chi connectivity index (χ3n) is 4.70. The molecule has 1 amide bonds. The summed E-state index contributed by atoms with van der Waals surface area (Å²) in [5, 5.41) is 3.04. The molecule has 134 valence electrons. The smallest absolute Gasteiger partial charge is 0.255 e. The Morgan fingerprint density at radius 1 is 0.960 bits per heavy atom. The molecule has 2 aromatic rings. The Labute approximate surface area is 151 Å². The molecule has 0 radical (unpaired) electrons. The number of methoxy groups -OCH3 is 1. The molecule has 3 rings (SSSR count). The maximum absolute atomic E-state index is 12.1. The number of nitrogens with one attached hydrogen (secondary N) is 1. The van der Waals surface area contributed by atoms with Gasteiger partial charge in [0.2, 0.25) is 0 Å². The molecule has 0 spiro atoms. The van der Waals surface area contributed by atoms with E-state index in [2.05, 4.69) is 12.2 Å². The molecule has 1 saturated carbocycles. The van der Waals surface area contributed by atoms with Crippen LogP contribution in [-0.4, -0.2) is 19.6 Å². The van der Waals surface area contributed by atoms with E-state index in [0.29, 0.717) is 17.2 Å². The van der Waals surface area contributed by atoms with E-state index in [0.717, 1.165) is 12.5 Å². The summed E-state index contributed by atoms with van der Waals surface area (Å²) in [6.07, 6.45) is 5.03. The highest BCUT2D eigenvalue weighted by Gasteiger charge is 2.19. The van der Waals surface area contributed by atoms with Gasteiger partial charge in [-0.3, -0.25) is 4.79 Å². The van der Waals surface area contributed by atoms with Gasteiger partial charge in [-0.05, 0) is 36.8 Å². The normalized spacial score (nSPS) is 19.3. The Hall–Kier alpha value is -2.29. The van der Waals surface area contributed by atoms with Crippen LogP contribution < -0.4 is 10.1 Å². The van der Waals surface area contributed by atoms with Crippen molar-refractivity contribution >= 4 is 5.91 Å². The summed E-state index contributed by atoms with van der Waals surface area (Å²) in [7, 11) is 1.59. The number of carbonyl (C=O) groups is 1. The molecule has 1 N–H and O–H groups in total. The van der Waals surface area contributed by atoms with E-state index in [4.69, 9.17) is 4.74 Å². The van der Waals surface area contributed by atoms with Gasteiger partial charge in [0.05, 0.1) is 12.7 Å². The van der Waals surface area contributed by atoms with Crippen LogP contribution in [0.5, 0.6) is 5.75 Å². The highest BCUT2D eigenvalue weighted by molar-refractivity contribution is 5.96. The van der Waals surface area contributed by atoms with Gasteiger partial charge in [0.1, 0.15) is 5.75 Å². The molecule has 0 heterocycles. The molecular formula is C22H29NO2. The molecule has 0 atom stereocenters. The third kappa shape index (κ3) is 6.61. The fraction of sp³-hybridized carbons (Fsp3) is 0.409. The van der Waals surface area contributed by atoms with Crippen molar-refractivity contribution < 1.29 is 9.53 Å². The van der Waals surface area contributed by atoms with E-state index in [1.165, 1.54) is 25.7 Å². The lowest BCUT2D eigenvalue weighted by Crippen LogP contribution is -2.31. The fourth-order valence-electron chi connectivity index (χ4n) is 3.08. The Balaban J connectivity index is 0.000000316. The number of carbonyl (C=O) groups excluding carboxylic acids is 1. The zero-order valence-corrected chi connectivity index (χ0v) is 15.3. The Kier molecular flexibility index (Phi) is 8.03. The second kappa shape index (κ2) is 10.5. The summed E-state index contributed by atoms with van der Waals surface area (Å²) in [4.78, 5) is 12.1. The lowest BCUT2D eigenvalue weighted by atomic mass is 9.83. The van der Waals surface area contributed by atoms with Crippen molar-refractivity contribution in [1.29, 1.82) is 0 Å². The second-order valence-corrected chi connectivity index (χ2v) is 6.69. The van der Waals surface area contributed by atoms with E-state index in [9.17, 15) is 4.79 Å². The predicted octanol–water partition coefficient (Wildman–Crippen LogP) is 4.94. The molecule has 0 unspecified atom stereocenters. The lowest BCUT2D eigenvalue weighted by molar-refractivity contribution is 0.0939. The molecule has 1 fully saturated rings. The first-order chi connectivity index (χ1) is 12.2. The minimum absolute atomic E-state index is 0.0314. The van der Waals surface area contributed by atoms with Crippen LogP contribution >= 0.6 is 0 Å². The van der Waals surface area contributed by atoms with E-state index in [-0.39, 0.29) is 5.91 Å². The molecule has 25 heavy (non-hydrogen) atoms. The Bertz CT molecular complexity index is 592. The zero-order valence-electron chi connectivity index (χ0n) is 15.3. The van der Waals surface area contributed by atoms with E-state index in [1.807, 2.05) is 54.6 Å². The predicted molar refractivity (Wildman–Crippen MR) is 103 cm³/mol. The summed E-state index contributed by atoms with van der Waals surface area (Å²) >= 11 is 0. The van der Waals surface area contributed by atoms with Gasteiger partial charge in [-0.1, -0.05) is 68.3 Å². The molecule has 0 bridgehead atoms. The first kappa shape index (κ1) is 19.0. The van der Waals surface area contributed by atoms with Crippen LogP contribution in [0, 0.1) is 11.8 Å². The molecular weight excluding hydrogens is 310 g/mol. The standard InChI is InChI=1S/C16H23NO2.C6H6/c1-12-7-9-13(10-8-12)11-17-16(18)14-5-3-4-6-15(14)19-2;1-2-4-6-5-3-1/h3-6,12-13H,7-11H2,1-2H3,(H,17,18);1-6H. The van der Waals surface area contributed by atoms with E-state index in [1.54, 1.807) is 13.2 Å². The summed E-state index contributed by atoms with van der Waals surface area (Å²) in [6.45, 7) is 3.09. The first-order valence-electron chi connectivity index (χ1n) is 9.12. The minimum atomic E-state index is -0.0314. The molecule has 3 nitrogen and oxygen atoms in total. The van der Waals surface area contributed by atoms with Crippen LogP contribution in [0.15, 0.2) is 60.7 Å². The lowest BCUT2D eigenvalue weighted by Gasteiger charge is -2.26. The highest BCUT2D eigenvalue weighted by Crippen LogP contribution is 2.27. The number of rotatable bonds is 4. The van der Waals surface area contributed by atoms with Gasteiger partial charge in [-0.15, -0.1) is 0 Å². The van der Waals surface area contributed by atoms with Gasteiger partial charge in [-0.25, -0.2) is 0 Å². The Morgan fingerprint density at radius 2 is 1.52 bits per heavy atom. The maximum Gasteiger partial charge on any atom is 0.255 e. The summed E-state index contributed by atoms with van der Waals surface area (Å²) in [5.41, 5.74) is 0.620. The molecule has 1 aliphatic rings. The number of para-hydroxylation sites is 1. The van der Waals surface area contributed by atoms with Crippen molar-refractivity contribution in [2.75, 3.05) is 13.7 Å². The quantitative estimate of drug-likeness (QED) is 0.857. The fourth-order valence-corrected chi connectivity index (χ4v) is 3.08. The van der Waals surface area contributed by atoms with Crippen LogP contribution in [0.1, 0.15) is 43.0 Å². The van der Waals surface area contributed by atoms with E-state index >= 15 is 0 Å². The molecule has 1 aliphatic carbocycles. The molecule has 0 aromatic heterocycles. The van der Waals surface area contributed by atoms with Crippen molar-refractivity contribution in [2.45, 2.75) is 32.6 Å². The average molecular weight is 339 g/mol. The third-order valence-corrected chi connectivity index (χ3v) is 4.70. The van der Waals surface area contributed by atoms with Crippen LogP contribution in [-0.2, 0) is 0 Å². The topological polar surface area (TPSA) is 38.3 Å². The molecule has 0 aliphatic heterocycles. The zero-order chi connectivity index (χ0) is 17.9. The van der Waals surface area contributed by atoms with Gasteiger partial charge in [0.25, 0.3) is 5.91 Å². The summed E-state index contributed by atoms with van der Waals surface area (Å²) in [5.74, 6) is 2.09. The van der Waals surface area contributed by atoms with Crippen LogP contribution in [0.25, 0.3) is 0 Å². The van der Waals surface area contributed by atoms with Gasteiger partial charge in [-0.2, -0.15) is 0 Å². The monoisotopic (exact) mass is 339 g/mol. The highest BCUT2D eigenvalue weighted by atomic mass is 16.5. The average Bonchev–Trinajstić information content (AvgIpc) is 2.69. The SMILES string of the molecule is COc1ccccc1C(=O)NCC1CCC(C)CC1.c1ccccc1. The van der Waals surface area contributed by atoms with Crippen LogP contribution in [0.3, 0.4) is 0 Å². The summed E-state index contributed by atoms with van der Waals surface area (Å²) in [6, 6.07) is 19.4. The molecule has 2 aromatic carbocycles. The van der Waals surface area contributed by atoms with Crippen molar-refractivity contribution in [1.82, 2.24) is 5.32 Å². The van der Waals surface area contributed by atoms with Crippen molar-refractivity contribution in [3.05, 3.63) is 66.2 Å². The summed E-state index contributed by atoms with van der Waals surface area (Å²) < 4.78 is 5.21.